The van der Waals surface area contributed by atoms with Crippen molar-refractivity contribution >= 4 is 34.9 Å². The van der Waals surface area contributed by atoms with E-state index in [1.807, 2.05) is 12.1 Å². The Bertz CT molecular complexity index is 1020. The summed E-state index contributed by atoms with van der Waals surface area (Å²) in [6.45, 7) is 7.16. The van der Waals surface area contributed by atoms with E-state index in [-0.39, 0.29) is 11.2 Å². The molecule has 2 aliphatic heterocycles. The van der Waals surface area contributed by atoms with Crippen LogP contribution in [0, 0.1) is 11.7 Å². The lowest BCUT2D eigenvalue weighted by atomic mass is 9.79. The number of hydrogen-bond donors (Lipinski definition) is 2. The zero-order valence-corrected chi connectivity index (χ0v) is 21.5. The molecule has 1 atom stereocenters. The van der Waals surface area contributed by atoms with Crippen LogP contribution in [0.3, 0.4) is 0 Å². The van der Waals surface area contributed by atoms with Gasteiger partial charge in [0.25, 0.3) is 0 Å². The zero-order valence-electron chi connectivity index (χ0n) is 20.7. The standard InChI is InChI=1S/C27H37FN6S/c1-20-7-6-16-34(18-20)24-17-23(33-14-4-5-15-33)30-25(31-24)32-26(35)29-19-27(12-2-3-13-27)21-8-10-22(28)11-9-21/h8-11,17,20H,2-7,12-16,18-19H2,1H3,(H2,29,30,31,32,35)/t20-/m0/s1. The second-order valence-electron chi connectivity index (χ2n) is 10.6. The first kappa shape index (κ1) is 24.2. The fourth-order valence-electron chi connectivity index (χ4n) is 5.96. The number of nitrogens with one attached hydrogen (secondary N) is 2. The number of nitrogens with zero attached hydrogens (tertiary/aromatic N) is 4. The molecule has 0 bridgehead atoms. The number of benzene rings is 1. The lowest BCUT2D eigenvalue weighted by Gasteiger charge is -2.33. The molecule has 0 unspecified atom stereocenters. The van der Waals surface area contributed by atoms with Gasteiger partial charge < -0.3 is 20.4 Å². The van der Waals surface area contributed by atoms with Crippen LogP contribution in [0.25, 0.3) is 0 Å². The van der Waals surface area contributed by atoms with Crippen molar-refractivity contribution in [3.05, 3.63) is 41.7 Å². The Hall–Kier alpha value is -2.48. The van der Waals surface area contributed by atoms with Crippen LogP contribution in [0.15, 0.2) is 30.3 Å². The molecule has 8 heteroatoms. The quantitative estimate of drug-likeness (QED) is 0.530. The molecule has 0 spiro atoms. The van der Waals surface area contributed by atoms with E-state index in [1.54, 1.807) is 12.1 Å². The maximum Gasteiger partial charge on any atom is 0.232 e. The minimum atomic E-state index is -0.194. The maximum atomic E-state index is 13.5. The Morgan fingerprint density at radius 3 is 2.34 bits per heavy atom. The van der Waals surface area contributed by atoms with Crippen LogP contribution in [0.1, 0.15) is 63.9 Å². The summed E-state index contributed by atoms with van der Waals surface area (Å²) in [5, 5.41) is 7.26. The van der Waals surface area contributed by atoms with Crippen LogP contribution in [-0.2, 0) is 5.41 Å². The normalized spacial score (nSPS) is 21.8. The van der Waals surface area contributed by atoms with Crippen LogP contribution in [0.2, 0.25) is 0 Å². The van der Waals surface area contributed by atoms with E-state index in [1.165, 1.54) is 44.1 Å². The highest BCUT2D eigenvalue weighted by molar-refractivity contribution is 7.80. The molecule has 0 amide bonds. The largest absolute Gasteiger partial charge is 0.361 e. The van der Waals surface area contributed by atoms with E-state index in [4.69, 9.17) is 22.2 Å². The number of halogens is 1. The third kappa shape index (κ3) is 5.68. The highest BCUT2D eigenvalue weighted by Gasteiger charge is 2.35. The average molecular weight is 497 g/mol. The molecule has 35 heavy (non-hydrogen) atoms. The molecular formula is C27H37FN6S. The Morgan fingerprint density at radius 1 is 1.00 bits per heavy atom. The third-order valence-corrected chi connectivity index (χ3v) is 8.19. The van der Waals surface area contributed by atoms with Crippen LogP contribution < -0.4 is 20.4 Å². The van der Waals surface area contributed by atoms with Crippen molar-refractivity contribution in [2.75, 3.05) is 47.8 Å². The molecule has 1 aromatic heterocycles. The Labute approximate surface area is 213 Å². The molecule has 1 aromatic carbocycles. The van der Waals surface area contributed by atoms with Gasteiger partial charge in [0.2, 0.25) is 5.95 Å². The van der Waals surface area contributed by atoms with Gasteiger partial charge in [-0.3, -0.25) is 0 Å². The van der Waals surface area contributed by atoms with Crippen molar-refractivity contribution in [3.63, 3.8) is 0 Å². The van der Waals surface area contributed by atoms with Crippen LogP contribution in [0.4, 0.5) is 22.0 Å². The van der Waals surface area contributed by atoms with Crippen LogP contribution in [0.5, 0.6) is 0 Å². The third-order valence-electron chi connectivity index (χ3n) is 7.94. The number of hydrogen-bond acceptors (Lipinski definition) is 5. The van der Waals surface area contributed by atoms with Crippen LogP contribution >= 0.6 is 12.2 Å². The van der Waals surface area contributed by atoms with Crippen molar-refractivity contribution in [3.8, 4) is 0 Å². The first-order valence-corrected chi connectivity index (χ1v) is 13.6. The van der Waals surface area contributed by atoms with E-state index in [0.29, 0.717) is 23.5 Å². The summed E-state index contributed by atoms with van der Waals surface area (Å²) in [6, 6.07) is 9.12. The smallest absolute Gasteiger partial charge is 0.232 e. The molecule has 2 saturated heterocycles. The molecule has 2 aromatic rings. The zero-order chi connectivity index (χ0) is 24.3. The van der Waals surface area contributed by atoms with Crippen molar-refractivity contribution in [2.24, 2.45) is 5.92 Å². The predicted molar refractivity (Wildman–Crippen MR) is 145 cm³/mol. The molecule has 3 aliphatic rings. The molecule has 0 radical (unpaired) electrons. The highest BCUT2D eigenvalue weighted by Crippen LogP contribution is 2.40. The van der Waals surface area contributed by atoms with Crippen molar-refractivity contribution in [1.82, 2.24) is 15.3 Å². The Kier molecular flexibility index (Phi) is 7.37. The minimum absolute atomic E-state index is 0.0210. The summed E-state index contributed by atoms with van der Waals surface area (Å²) in [5.41, 5.74) is 1.16. The second-order valence-corrected chi connectivity index (χ2v) is 11.0. The topological polar surface area (TPSA) is 56.3 Å². The van der Waals surface area contributed by atoms with Crippen molar-refractivity contribution < 1.29 is 4.39 Å². The molecule has 1 aliphatic carbocycles. The van der Waals surface area contributed by atoms with Gasteiger partial charge >= 0.3 is 0 Å². The molecule has 2 N–H and O–H groups in total. The summed E-state index contributed by atoms with van der Waals surface area (Å²) in [7, 11) is 0. The Morgan fingerprint density at radius 2 is 1.66 bits per heavy atom. The van der Waals surface area contributed by atoms with E-state index >= 15 is 0 Å². The van der Waals surface area contributed by atoms with E-state index in [2.05, 4.69) is 33.4 Å². The van der Waals surface area contributed by atoms with E-state index in [9.17, 15) is 4.39 Å². The average Bonchev–Trinajstić information content (AvgIpc) is 3.56. The number of rotatable bonds is 6. The lowest BCUT2D eigenvalue weighted by Crippen LogP contribution is -2.41. The van der Waals surface area contributed by atoms with Gasteiger partial charge in [0.15, 0.2) is 5.11 Å². The lowest BCUT2D eigenvalue weighted by molar-refractivity contribution is 0.434. The molecule has 188 valence electrons. The molecule has 1 saturated carbocycles. The van der Waals surface area contributed by atoms with Gasteiger partial charge in [0.1, 0.15) is 17.5 Å². The first-order valence-electron chi connectivity index (χ1n) is 13.2. The first-order chi connectivity index (χ1) is 17.0. The fourth-order valence-corrected chi connectivity index (χ4v) is 6.13. The van der Waals surface area contributed by atoms with Gasteiger partial charge in [-0.2, -0.15) is 9.97 Å². The van der Waals surface area contributed by atoms with Gasteiger partial charge in [0.05, 0.1) is 0 Å². The summed E-state index contributed by atoms with van der Waals surface area (Å²) in [4.78, 5) is 14.5. The molecular weight excluding hydrogens is 459 g/mol. The highest BCUT2D eigenvalue weighted by atomic mass is 32.1. The monoisotopic (exact) mass is 496 g/mol. The van der Waals surface area contributed by atoms with Gasteiger partial charge in [-0.25, -0.2) is 4.39 Å². The van der Waals surface area contributed by atoms with E-state index in [0.717, 1.165) is 50.7 Å². The molecule has 6 nitrogen and oxygen atoms in total. The summed E-state index contributed by atoms with van der Waals surface area (Å²) >= 11 is 5.70. The Balaban J connectivity index is 1.31. The van der Waals surface area contributed by atoms with Crippen molar-refractivity contribution in [2.45, 2.75) is 63.7 Å². The molecule has 5 rings (SSSR count). The summed E-state index contributed by atoms with van der Waals surface area (Å²) < 4.78 is 13.5. The SMILES string of the molecule is C[C@H]1CCCN(c2cc(N3CCCC3)nc(NC(=S)NCC3(c4ccc(F)cc4)CCCC3)n2)C1. The maximum absolute atomic E-state index is 13.5. The van der Waals surface area contributed by atoms with Crippen molar-refractivity contribution in [1.29, 1.82) is 0 Å². The number of anilines is 3. The van der Waals surface area contributed by atoms with Gasteiger partial charge in [0, 0.05) is 44.2 Å². The predicted octanol–water partition coefficient (Wildman–Crippen LogP) is 5.25. The minimum Gasteiger partial charge on any atom is -0.361 e. The van der Waals surface area contributed by atoms with Gasteiger partial charge in [-0.05, 0) is 74.4 Å². The number of thiocarbonyl (C=S) groups is 1. The molecule has 3 heterocycles. The van der Waals surface area contributed by atoms with Crippen LogP contribution in [-0.4, -0.2) is 47.8 Å². The summed E-state index contributed by atoms with van der Waals surface area (Å²) in [6.07, 6.45) is 9.38. The second kappa shape index (κ2) is 10.6. The fraction of sp³-hybridized carbons (Fsp3) is 0.593. The van der Waals surface area contributed by atoms with Gasteiger partial charge in [-0.15, -0.1) is 0 Å². The number of piperidine rings is 1. The van der Waals surface area contributed by atoms with Gasteiger partial charge in [-0.1, -0.05) is 31.9 Å². The van der Waals surface area contributed by atoms with E-state index < -0.39 is 0 Å². The summed E-state index contributed by atoms with van der Waals surface area (Å²) in [5.74, 6) is 3.00. The number of aromatic nitrogens is 2. The molecule has 3 fully saturated rings.